The SMILES string of the molecule is Cc1c(C(=O)O)sc2ncn(CCCF)c(=O)c12. The molecule has 0 amide bonds. The van der Waals surface area contributed by atoms with Crippen LogP contribution in [0.25, 0.3) is 10.2 Å². The summed E-state index contributed by atoms with van der Waals surface area (Å²) >= 11 is 0.981. The first-order valence-corrected chi connectivity index (χ1v) is 6.15. The minimum absolute atomic E-state index is 0.123. The zero-order chi connectivity index (χ0) is 13.3. The average molecular weight is 270 g/mol. The van der Waals surface area contributed by atoms with Crippen molar-refractivity contribution in [3.8, 4) is 0 Å². The summed E-state index contributed by atoms with van der Waals surface area (Å²) in [6.07, 6.45) is 1.57. The number of rotatable bonds is 4. The lowest BCUT2D eigenvalue weighted by Crippen LogP contribution is -2.20. The molecule has 0 unspecified atom stereocenters. The molecular weight excluding hydrogens is 259 g/mol. The highest BCUT2D eigenvalue weighted by atomic mass is 32.1. The van der Waals surface area contributed by atoms with Gasteiger partial charge in [0, 0.05) is 6.54 Å². The molecule has 2 aromatic rings. The van der Waals surface area contributed by atoms with E-state index in [1.165, 1.54) is 10.9 Å². The summed E-state index contributed by atoms with van der Waals surface area (Å²) in [6, 6.07) is 0. The Hall–Kier alpha value is -1.76. The molecule has 0 spiro atoms. The van der Waals surface area contributed by atoms with Crippen molar-refractivity contribution in [1.29, 1.82) is 0 Å². The molecule has 2 rings (SSSR count). The number of halogens is 1. The third-order valence-electron chi connectivity index (χ3n) is 2.64. The van der Waals surface area contributed by atoms with E-state index in [-0.39, 0.29) is 23.4 Å². The molecule has 0 aromatic carbocycles. The molecule has 0 aliphatic rings. The van der Waals surface area contributed by atoms with Crippen LogP contribution >= 0.6 is 11.3 Å². The highest BCUT2D eigenvalue weighted by molar-refractivity contribution is 7.20. The molecule has 2 aromatic heterocycles. The van der Waals surface area contributed by atoms with E-state index in [0.717, 1.165) is 11.3 Å². The monoisotopic (exact) mass is 270 g/mol. The fourth-order valence-electron chi connectivity index (χ4n) is 1.75. The summed E-state index contributed by atoms with van der Waals surface area (Å²) in [5.41, 5.74) is 0.115. The summed E-state index contributed by atoms with van der Waals surface area (Å²) in [5, 5.41) is 9.31. The Balaban J connectivity index is 2.63. The van der Waals surface area contributed by atoms with Crippen molar-refractivity contribution >= 4 is 27.5 Å². The van der Waals surface area contributed by atoms with Gasteiger partial charge in [0.1, 0.15) is 9.71 Å². The summed E-state index contributed by atoms with van der Waals surface area (Å²) in [4.78, 5) is 27.7. The Labute approximate surface area is 106 Å². The normalized spacial score (nSPS) is 11.0. The number of nitrogens with zero attached hydrogens (tertiary/aromatic N) is 2. The summed E-state index contributed by atoms with van der Waals surface area (Å²) in [7, 11) is 0. The van der Waals surface area contributed by atoms with Gasteiger partial charge in [-0.1, -0.05) is 0 Å². The van der Waals surface area contributed by atoms with Gasteiger partial charge in [0.2, 0.25) is 0 Å². The van der Waals surface area contributed by atoms with E-state index in [9.17, 15) is 14.0 Å². The number of hydrogen-bond donors (Lipinski definition) is 1. The Morgan fingerprint density at radius 1 is 1.61 bits per heavy atom. The number of aromatic carboxylic acids is 1. The molecule has 0 fully saturated rings. The molecular formula is C11H11FN2O3S. The second-order valence-electron chi connectivity index (χ2n) is 3.83. The molecule has 0 aliphatic heterocycles. The first-order valence-electron chi connectivity index (χ1n) is 5.34. The second kappa shape index (κ2) is 4.85. The number of carbonyl (C=O) groups is 1. The smallest absolute Gasteiger partial charge is 0.346 e. The summed E-state index contributed by atoms with van der Waals surface area (Å²) in [6.45, 7) is 1.33. The zero-order valence-electron chi connectivity index (χ0n) is 9.64. The number of thiophene rings is 1. The van der Waals surface area contributed by atoms with Gasteiger partial charge in [-0.05, 0) is 18.9 Å². The van der Waals surface area contributed by atoms with Crippen molar-refractivity contribution in [3.63, 3.8) is 0 Å². The van der Waals surface area contributed by atoms with Crippen LogP contribution in [0.3, 0.4) is 0 Å². The minimum Gasteiger partial charge on any atom is -0.477 e. The summed E-state index contributed by atoms with van der Waals surface area (Å²) < 4.78 is 13.4. The van der Waals surface area contributed by atoms with E-state index in [1.54, 1.807) is 6.92 Å². The minimum atomic E-state index is -1.06. The number of hydrogen-bond acceptors (Lipinski definition) is 4. The van der Waals surface area contributed by atoms with Crippen LogP contribution in [0.5, 0.6) is 0 Å². The molecule has 96 valence electrons. The molecule has 5 nitrogen and oxygen atoms in total. The fourth-order valence-corrected chi connectivity index (χ4v) is 2.73. The van der Waals surface area contributed by atoms with Gasteiger partial charge < -0.3 is 5.11 Å². The van der Waals surface area contributed by atoms with Crippen molar-refractivity contribution in [1.82, 2.24) is 9.55 Å². The second-order valence-corrected chi connectivity index (χ2v) is 4.83. The molecule has 0 bridgehead atoms. The number of aryl methyl sites for hydroxylation is 2. The molecule has 0 aliphatic carbocycles. The van der Waals surface area contributed by atoms with Gasteiger partial charge in [-0.3, -0.25) is 13.8 Å². The zero-order valence-corrected chi connectivity index (χ0v) is 10.5. The highest BCUT2D eigenvalue weighted by Gasteiger charge is 2.18. The lowest BCUT2D eigenvalue weighted by molar-refractivity contribution is 0.0701. The van der Waals surface area contributed by atoms with Crippen LogP contribution < -0.4 is 5.56 Å². The van der Waals surface area contributed by atoms with Crippen LogP contribution in [-0.4, -0.2) is 27.3 Å². The van der Waals surface area contributed by atoms with Crippen molar-refractivity contribution in [3.05, 3.63) is 27.1 Å². The lowest BCUT2D eigenvalue weighted by atomic mass is 10.2. The van der Waals surface area contributed by atoms with Gasteiger partial charge >= 0.3 is 5.97 Å². The third-order valence-corrected chi connectivity index (χ3v) is 3.83. The van der Waals surface area contributed by atoms with Crippen LogP contribution in [0.1, 0.15) is 21.7 Å². The molecule has 0 saturated heterocycles. The number of fused-ring (bicyclic) bond motifs is 1. The Morgan fingerprint density at radius 3 is 2.94 bits per heavy atom. The average Bonchev–Trinajstić information content (AvgIpc) is 2.67. The van der Waals surface area contributed by atoms with Gasteiger partial charge in [-0.15, -0.1) is 11.3 Å². The number of alkyl halides is 1. The fraction of sp³-hybridized carbons (Fsp3) is 0.364. The van der Waals surface area contributed by atoms with E-state index < -0.39 is 12.6 Å². The highest BCUT2D eigenvalue weighted by Crippen LogP contribution is 2.26. The first-order chi connectivity index (χ1) is 8.56. The molecule has 1 N–H and O–H groups in total. The summed E-state index contributed by atoms with van der Waals surface area (Å²) in [5.74, 6) is -1.06. The van der Waals surface area contributed by atoms with E-state index in [1.807, 2.05) is 0 Å². The molecule has 2 heterocycles. The largest absolute Gasteiger partial charge is 0.477 e. The van der Waals surface area contributed by atoms with Crippen LogP contribution in [0.15, 0.2) is 11.1 Å². The predicted octanol–water partition coefficient (Wildman–Crippen LogP) is 1.82. The molecule has 0 radical (unpaired) electrons. The Kier molecular flexibility index (Phi) is 3.42. The maximum absolute atomic E-state index is 12.1. The maximum atomic E-state index is 12.1. The van der Waals surface area contributed by atoms with Crippen LogP contribution in [0.2, 0.25) is 0 Å². The standard InChI is InChI=1S/C11H11FN2O3S/c1-6-7-9(18-8(6)11(16)17)13-5-14(10(7)15)4-2-3-12/h5H,2-4H2,1H3,(H,16,17). The maximum Gasteiger partial charge on any atom is 0.346 e. The number of aromatic nitrogens is 2. The van der Waals surface area contributed by atoms with E-state index in [0.29, 0.717) is 15.8 Å². The number of carboxylic acid groups (broad SMARTS) is 1. The van der Waals surface area contributed by atoms with Crippen LogP contribution in [0, 0.1) is 6.92 Å². The van der Waals surface area contributed by atoms with E-state index in [2.05, 4.69) is 4.98 Å². The van der Waals surface area contributed by atoms with Crippen LogP contribution in [-0.2, 0) is 6.54 Å². The lowest BCUT2D eigenvalue weighted by Gasteiger charge is -2.02. The molecule has 0 saturated carbocycles. The van der Waals surface area contributed by atoms with Gasteiger partial charge in [-0.25, -0.2) is 9.78 Å². The Bertz CT molecular complexity index is 662. The Morgan fingerprint density at radius 2 is 2.33 bits per heavy atom. The van der Waals surface area contributed by atoms with Gasteiger partial charge in [-0.2, -0.15) is 0 Å². The van der Waals surface area contributed by atoms with Crippen molar-refractivity contribution in [2.45, 2.75) is 19.9 Å². The topological polar surface area (TPSA) is 72.2 Å². The third kappa shape index (κ3) is 2.01. The van der Waals surface area contributed by atoms with Crippen molar-refractivity contribution < 1.29 is 14.3 Å². The van der Waals surface area contributed by atoms with Crippen molar-refractivity contribution in [2.24, 2.45) is 0 Å². The van der Waals surface area contributed by atoms with E-state index in [4.69, 9.17) is 5.11 Å². The van der Waals surface area contributed by atoms with Gasteiger partial charge in [0.15, 0.2) is 0 Å². The predicted molar refractivity (Wildman–Crippen MR) is 66.2 cm³/mol. The van der Waals surface area contributed by atoms with Gasteiger partial charge in [0.05, 0.1) is 18.4 Å². The van der Waals surface area contributed by atoms with Crippen molar-refractivity contribution in [2.75, 3.05) is 6.67 Å². The molecule has 18 heavy (non-hydrogen) atoms. The quantitative estimate of drug-likeness (QED) is 0.919. The molecule has 7 heteroatoms. The van der Waals surface area contributed by atoms with Gasteiger partial charge in [0.25, 0.3) is 5.56 Å². The van der Waals surface area contributed by atoms with E-state index >= 15 is 0 Å². The first kappa shape index (κ1) is 12.7. The number of carboxylic acids is 1. The molecule has 0 atom stereocenters. The van der Waals surface area contributed by atoms with Crippen LogP contribution in [0.4, 0.5) is 4.39 Å².